The summed E-state index contributed by atoms with van der Waals surface area (Å²) in [5, 5.41) is 12.3. The number of carboxylic acids is 1. The number of aromatic carboxylic acids is 1. The van der Waals surface area contributed by atoms with Crippen LogP contribution in [0.5, 0.6) is 11.5 Å². The fourth-order valence-electron chi connectivity index (χ4n) is 1.37. The van der Waals surface area contributed by atoms with Gasteiger partial charge in [0.25, 0.3) is 0 Å². The van der Waals surface area contributed by atoms with Gasteiger partial charge in [-0.2, -0.15) is 0 Å². The lowest BCUT2D eigenvalue weighted by molar-refractivity contribution is 0.0651. The molecule has 0 aliphatic carbocycles. The highest BCUT2D eigenvalue weighted by Crippen LogP contribution is 2.26. The molecule has 0 unspecified atom stereocenters. The molecule has 94 valence electrons. The van der Waals surface area contributed by atoms with Crippen LogP contribution in [0.15, 0.2) is 34.9 Å². The molecule has 0 fully saturated rings. The number of ether oxygens (including phenoxy) is 2. The van der Waals surface area contributed by atoms with E-state index in [-0.39, 0.29) is 12.4 Å². The predicted molar refractivity (Wildman–Crippen MR) is 60.8 cm³/mol. The molecular weight excluding hydrogens is 238 g/mol. The number of rotatable bonds is 5. The minimum atomic E-state index is -1.16. The van der Waals surface area contributed by atoms with E-state index in [1.807, 2.05) is 12.1 Å². The first-order valence-corrected chi connectivity index (χ1v) is 5.15. The van der Waals surface area contributed by atoms with Crippen molar-refractivity contribution in [3.63, 3.8) is 0 Å². The molecule has 6 heteroatoms. The van der Waals surface area contributed by atoms with Gasteiger partial charge in [-0.05, 0) is 12.1 Å². The Hall–Kier alpha value is -2.50. The number of methoxy groups -OCH3 is 1. The van der Waals surface area contributed by atoms with Crippen molar-refractivity contribution in [1.29, 1.82) is 0 Å². The van der Waals surface area contributed by atoms with Crippen LogP contribution < -0.4 is 9.47 Å². The summed E-state index contributed by atoms with van der Waals surface area (Å²) in [4.78, 5) is 10.6. The van der Waals surface area contributed by atoms with Crippen LogP contribution in [-0.4, -0.2) is 23.3 Å². The molecule has 2 aromatic rings. The fraction of sp³-hybridized carbons (Fsp3) is 0.167. The molecule has 0 aliphatic rings. The maximum Gasteiger partial charge on any atom is 0.374 e. The van der Waals surface area contributed by atoms with Gasteiger partial charge in [-0.3, -0.25) is 0 Å². The summed E-state index contributed by atoms with van der Waals surface area (Å²) < 4.78 is 15.2. The Morgan fingerprint density at radius 1 is 1.39 bits per heavy atom. The quantitative estimate of drug-likeness (QED) is 0.872. The topological polar surface area (TPSA) is 81.8 Å². The van der Waals surface area contributed by atoms with Gasteiger partial charge in [0.05, 0.1) is 7.11 Å². The third-order valence-electron chi connectivity index (χ3n) is 2.21. The Morgan fingerprint density at radius 3 is 2.72 bits per heavy atom. The summed E-state index contributed by atoms with van der Waals surface area (Å²) in [5.74, 6) is -0.223. The number of hydrogen-bond acceptors (Lipinski definition) is 5. The third-order valence-corrected chi connectivity index (χ3v) is 2.21. The number of para-hydroxylation sites is 2. The van der Waals surface area contributed by atoms with Gasteiger partial charge in [-0.15, -0.1) is 0 Å². The monoisotopic (exact) mass is 249 g/mol. The molecule has 0 aliphatic heterocycles. The number of carboxylic acid groups (broad SMARTS) is 1. The minimum absolute atomic E-state index is 0.108. The van der Waals surface area contributed by atoms with Crippen molar-refractivity contribution in [3.8, 4) is 11.5 Å². The Bertz CT molecular complexity index is 549. The van der Waals surface area contributed by atoms with E-state index in [1.54, 1.807) is 19.2 Å². The van der Waals surface area contributed by atoms with Crippen molar-refractivity contribution in [1.82, 2.24) is 5.16 Å². The molecule has 1 heterocycles. The number of hydrogen-bond donors (Lipinski definition) is 1. The molecule has 0 saturated carbocycles. The molecule has 0 bridgehead atoms. The van der Waals surface area contributed by atoms with Crippen LogP contribution in [-0.2, 0) is 6.61 Å². The second kappa shape index (κ2) is 5.22. The summed E-state index contributed by atoms with van der Waals surface area (Å²) in [7, 11) is 1.54. The SMILES string of the molecule is COc1ccccc1OCc1cc(C(=O)O)on1. The average molecular weight is 249 g/mol. The number of benzene rings is 1. The summed E-state index contributed by atoms with van der Waals surface area (Å²) in [6, 6.07) is 8.46. The molecule has 2 rings (SSSR count). The lowest BCUT2D eigenvalue weighted by Crippen LogP contribution is -1.97. The normalized spacial score (nSPS) is 10.1. The first-order valence-electron chi connectivity index (χ1n) is 5.15. The summed E-state index contributed by atoms with van der Waals surface area (Å²) >= 11 is 0. The van der Waals surface area contributed by atoms with Crippen LogP contribution in [0.4, 0.5) is 0 Å². The van der Waals surface area contributed by atoms with Gasteiger partial charge in [0, 0.05) is 6.07 Å². The van der Waals surface area contributed by atoms with Crippen molar-refractivity contribution in [2.45, 2.75) is 6.61 Å². The van der Waals surface area contributed by atoms with Gasteiger partial charge in [-0.1, -0.05) is 17.3 Å². The van der Waals surface area contributed by atoms with E-state index < -0.39 is 5.97 Å². The summed E-state index contributed by atoms with van der Waals surface area (Å²) in [6.07, 6.45) is 0. The van der Waals surface area contributed by atoms with E-state index in [0.29, 0.717) is 17.2 Å². The predicted octanol–water partition coefficient (Wildman–Crippen LogP) is 1.96. The Kier molecular flexibility index (Phi) is 3.47. The van der Waals surface area contributed by atoms with Crippen molar-refractivity contribution >= 4 is 5.97 Å². The fourth-order valence-corrected chi connectivity index (χ4v) is 1.37. The smallest absolute Gasteiger partial charge is 0.374 e. The third kappa shape index (κ3) is 2.60. The maximum absolute atomic E-state index is 10.6. The zero-order valence-corrected chi connectivity index (χ0v) is 9.62. The molecule has 0 saturated heterocycles. The van der Waals surface area contributed by atoms with Crippen LogP contribution in [0.2, 0.25) is 0 Å². The largest absolute Gasteiger partial charge is 0.493 e. The number of carbonyl (C=O) groups is 1. The van der Waals surface area contributed by atoms with E-state index in [4.69, 9.17) is 14.6 Å². The number of aromatic nitrogens is 1. The standard InChI is InChI=1S/C12H11NO5/c1-16-9-4-2-3-5-10(9)17-7-8-6-11(12(14)15)18-13-8/h2-6H,7H2,1H3,(H,14,15). The zero-order valence-electron chi connectivity index (χ0n) is 9.62. The van der Waals surface area contributed by atoms with Crippen LogP contribution in [0.1, 0.15) is 16.2 Å². The molecule has 1 aromatic heterocycles. The van der Waals surface area contributed by atoms with Gasteiger partial charge in [0.2, 0.25) is 5.76 Å². The van der Waals surface area contributed by atoms with Gasteiger partial charge >= 0.3 is 5.97 Å². The van der Waals surface area contributed by atoms with Crippen molar-refractivity contribution in [2.24, 2.45) is 0 Å². The molecule has 1 aromatic carbocycles. The zero-order chi connectivity index (χ0) is 13.0. The van der Waals surface area contributed by atoms with E-state index >= 15 is 0 Å². The highest BCUT2D eigenvalue weighted by Gasteiger charge is 2.12. The van der Waals surface area contributed by atoms with Crippen LogP contribution in [0.25, 0.3) is 0 Å². The van der Waals surface area contributed by atoms with Gasteiger partial charge < -0.3 is 19.1 Å². The van der Waals surface area contributed by atoms with Gasteiger partial charge in [-0.25, -0.2) is 4.79 Å². The van der Waals surface area contributed by atoms with Crippen molar-refractivity contribution in [2.75, 3.05) is 7.11 Å². The van der Waals surface area contributed by atoms with E-state index in [9.17, 15) is 4.79 Å². The highest BCUT2D eigenvalue weighted by atomic mass is 16.5. The molecule has 0 amide bonds. The van der Waals surface area contributed by atoms with E-state index in [1.165, 1.54) is 6.07 Å². The van der Waals surface area contributed by atoms with Gasteiger partial charge in [0.1, 0.15) is 12.3 Å². The lowest BCUT2D eigenvalue weighted by Gasteiger charge is -2.08. The molecule has 0 radical (unpaired) electrons. The van der Waals surface area contributed by atoms with Crippen molar-refractivity contribution in [3.05, 3.63) is 41.8 Å². The van der Waals surface area contributed by atoms with Crippen LogP contribution >= 0.6 is 0 Å². The van der Waals surface area contributed by atoms with E-state index in [0.717, 1.165) is 0 Å². The van der Waals surface area contributed by atoms with Crippen LogP contribution in [0, 0.1) is 0 Å². The first kappa shape index (κ1) is 12.0. The number of nitrogens with zero attached hydrogens (tertiary/aromatic N) is 1. The Morgan fingerprint density at radius 2 is 2.11 bits per heavy atom. The van der Waals surface area contributed by atoms with Gasteiger partial charge in [0.15, 0.2) is 11.5 Å². The second-order valence-corrected chi connectivity index (χ2v) is 3.43. The van der Waals surface area contributed by atoms with Crippen LogP contribution in [0.3, 0.4) is 0 Å². The lowest BCUT2D eigenvalue weighted by atomic mass is 10.3. The summed E-state index contributed by atoms with van der Waals surface area (Å²) in [5.41, 5.74) is 0.401. The molecule has 0 spiro atoms. The Balaban J connectivity index is 2.04. The molecular formula is C12H11NO5. The average Bonchev–Trinajstić information content (AvgIpc) is 2.85. The summed E-state index contributed by atoms with van der Waals surface area (Å²) in [6.45, 7) is 0.108. The molecule has 6 nitrogen and oxygen atoms in total. The molecule has 18 heavy (non-hydrogen) atoms. The van der Waals surface area contributed by atoms with E-state index in [2.05, 4.69) is 9.68 Å². The molecule has 0 atom stereocenters. The molecule has 1 N–H and O–H groups in total. The maximum atomic E-state index is 10.6. The first-order chi connectivity index (χ1) is 8.70. The second-order valence-electron chi connectivity index (χ2n) is 3.43. The highest BCUT2D eigenvalue weighted by molar-refractivity contribution is 5.84. The minimum Gasteiger partial charge on any atom is -0.493 e. The van der Waals surface area contributed by atoms with Crippen molar-refractivity contribution < 1.29 is 23.9 Å². The Labute approximate surface area is 103 Å².